The van der Waals surface area contributed by atoms with Crippen LogP contribution in [0.5, 0.6) is 0 Å². The molecule has 9 heteroatoms. The van der Waals surface area contributed by atoms with Crippen molar-refractivity contribution in [2.24, 2.45) is 0 Å². The number of esters is 1. The average molecular weight is 394 g/mol. The summed E-state index contributed by atoms with van der Waals surface area (Å²) in [6.45, 7) is -0.535. The number of likely N-dealkylation sites (N-methyl/N-ethyl adjacent to an activating group) is 1. The van der Waals surface area contributed by atoms with Gasteiger partial charge in [0.25, 0.3) is 5.91 Å². The third-order valence-corrected chi connectivity index (χ3v) is 4.15. The number of benzene rings is 2. The van der Waals surface area contributed by atoms with Crippen LogP contribution in [-0.2, 0) is 26.1 Å². The summed E-state index contributed by atoms with van der Waals surface area (Å²) in [6, 6.07) is 11.9. The van der Waals surface area contributed by atoms with Crippen molar-refractivity contribution in [3.8, 4) is 0 Å². The normalized spacial score (nSPS) is 10.9. The second kappa shape index (κ2) is 8.63. The Bertz CT molecular complexity index is 946. The molecule has 27 heavy (non-hydrogen) atoms. The van der Waals surface area contributed by atoms with E-state index < -0.39 is 34.3 Å². The van der Waals surface area contributed by atoms with E-state index in [1.165, 1.54) is 36.2 Å². The van der Waals surface area contributed by atoms with Crippen LogP contribution in [-0.4, -0.2) is 45.1 Å². The summed E-state index contributed by atoms with van der Waals surface area (Å²) in [5, 5.41) is 0. The highest BCUT2D eigenvalue weighted by Gasteiger charge is 2.18. The number of para-hydroxylation sites is 1. The minimum absolute atomic E-state index is 0.0209. The number of halogens is 1. The minimum atomic E-state index is -3.59. The number of amides is 1. The van der Waals surface area contributed by atoms with Crippen LogP contribution in [0.2, 0.25) is 0 Å². The van der Waals surface area contributed by atoms with E-state index in [9.17, 15) is 22.4 Å². The largest absolute Gasteiger partial charge is 0.452 e. The molecule has 144 valence electrons. The lowest BCUT2D eigenvalue weighted by molar-refractivity contribution is -0.133. The number of carbonyl (C=O) groups is 2. The lowest BCUT2D eigenvalue weighted by Gasteiger charge is -2.18. The van der Waals surface area contributed by atoms with Crippen LogP contribution in [0.3, 0.4) is 0 Å². The number of hydrogen-bond donors (Lipinski definition) is 1. The lowest BCUT2D eigenvalue weighted by Crippen LogP contribution is -2.31. The molecule has 0 aromatic heterocycles. The molecule has 0 aliphatic rings. The number of sulfonamides is 1. The number of hydrogen-bond acceptors (Lipinski definition) is 5. The SMILES string of the molecule is CN(Cc1ccccc1F)C(=O)COC(=O)c1ccccc1NS(C)(=O)=O. The third kappa shape index (κ3) is 6.07. The average Bonchev–Trinajstić information content (AvgIpc) is 2.60. The maximum atomic E-state index is 13.6. The van der Waals surface area contributed by atoms with Crippen molar-refractivity contribution in [2.45, 2.75) is 6.54 Å². The van der Waals surface area contributed by atoms with Gasteiger partial charge in [-0.1, -0.05) is 30.3 Å². The maximum absolute atomic E-state index is 13.6. The van der Waals surface area contributed by atoms with Crippen molar-refractivity contribution >= 4 is 27.6 Å². The number of nitrogens with zero attached hydrogens (tertiary/aromatic N) is 1. The van der Waals surface area contributed by atoms with Gasteiger partial charge < -0.3 is 9.64 Å². The second-order valence-corrected chi connectivity index (χ2v) is 7.59. The number of anilines is 1. The van der Waals surface area contributed by atoms with E-state index in [2.05, 4.69) is 4.72 Å². The van der Waals surface area contributed by atoms with Gasteiger partial charge in [0.2, 0.25) is 10.0 Å². The zero-order valence-corrected chi connectivity index (χ0v) is 15.6. The molecule has 0 unspecified atom stereocenters. The molecule has 0 spiro atoms. The Balaban J connectivity index is 1.99. The van der Waals surface area contributed by atoms with Crippen LogP contribution in [0.25, 0.3) is 0 Å². The van der Waals surface area contributed by atoms with E-state index in [1.54, 1.807) is 24.3 Å². The van der Waals surface area contributed by atoms with Crippen molar-refractivity contribution in [3.05, 3.63) is 65.5 Å². The van der Waals surface area contributed by atoms with Gasteiger partial charge in [-0.15, -0.1) is 0 Å². The molecule has 0 bridgehead atoms. The highest BCUT2D eigenvalue weighted by Crippen LogP contribution is 2.17. The molecule has 0 aliphatic carbocycles. The Morgan fingerprint density at radius 3 is 2.41 bits per heavy atom. The Morgan fingerprint density at radius 1 is 1.11 bits per heavy atom. The number of rotatable bonds is 7. The molecule has 0 saturated heterocycles. The lowest BCUT2D eigenvalue weighted by atomic mass is 10.2. The van der Waals surface area contributed by atoms with Crippen LogP contribution in [0.15, 0.2) is 48.5 Å². The smallest absolute Gasteiger partial charge is 0.340 e. The molecule has 0 heterocycles. The van der Waals surface area contributed by atoms with Gasteiger partial charge in [-0.05, 0) is 18.2 Å². The number of nitrogens with one attached hydrogen (secondary N) is 1. The van der Waals surface area contributed by atoms with E-state index in [0.717, 1.165) is 6.26 Å². The summed E-state index contributed by atoms with van der Waals surface area (Å²) >= 11 is 0. The molecular formula is C18H19FN2O5S. The Labute approximate surface area is 156 Å². The Kier molecular flexibility index (Phi) is 6.51. The van der Waals surface area contributed by atoms with Crippen LogP contribution in [0.1, 0.15) is 15.9 Å². The van der Waals surface area contributed by atoms with Crippen molar-refractivity contribution in [2.75, 3.05) is 24.6 Å². The second-order valence-electron chi connectivity index (χ2n) is 5.84. The molecule has 2 rings (SSSR count). The van der Waals surface area contributed by atoms with E-state index in [0.29, 0.717) is 5.56 Å². The van der Waals surface area contributed by atoms with E-state index in [4.69, 9.17) is 4.74 Å². The third-order valence-electron chi connectivity index (χ3n) is 3.56. The van der Waals surface area contributed by atoms with Gasteiger partial charge in [-0.2, -0.15) is 0 Å². The summed E-state index contributed by atoms with van der Waals surface area (Å²) < 4.78 is 43.6. The molecule has 0 fully saturated rings. The quantitative estimate of drug-likeness (QED) is 0.725. The minimum Gasteiger partial charge on any atom is -0.452 e. The fourth-order valence-electron chi connectivity index (χ4n) is 2.24. The summed E-state index contributed by atoms with van der Waals surface area (Å²) in [4.78, 5) is 25.6. The molecular weight excluding hydrogens is 375 g/mol. The van der Waals surface area contributed by atoms with Gasteiger partial charge in [0.1, 0.15) is 5.82 Å². The fourth-order valence-corrected chi connectivity index (χ4v) is 2.81. The van der Waals surface area contributed by atoms with Crippen molar-refractivity contribution < 1.29 is 27.1 Å². The van der Waals surface area contributed by atoms with Gasteiger partial charge in [0.15, 0.2) is 6.61 Å². The molecule has 0 atom stereocenters. The summed E-state index contributed by atoms with van der Waals surface area (Å²) in [5.74, 6) is -1.82. The van der Waals surface area contributed by atoms with Crippen LogP contribution >= 0.6 is 0 Å². The fraction of sp³-hybridized carbons (Fsp3) is 0.222. The zero-order chi connectivity index (χ0) is 20.0. The van der Waals surface area contributed by atoms with Gasteiger partial charge >= 0.3 is 5.97 Å². The Morgan fingerprint density at radius 2 is 1.74 bits per heavy atom. The van der Waals surface area contributed by atoms with Crippen LogP contribution in [0.4, 0.5) is 10.1 Å². The molecule has 0 radical (unpaired) electrons. The van der Waals surface area contributed by atoms with Gasteiger partial charge in [0.05, 0.1) is 17.5 Å². The van der Waals surface area contributed by atoms with Gasteiger partial charge in [-0.3, -0.25) is 9.52 Å². The summed E-state index contributed by atoms with van der Waals surface area (Å²) in [7, 11) is -2.12. The zero-order valence-electron chi connectivity index (χ0n) is 14.8. The van der Waals surface area contributed by atoms with E-state index in [1.807, 2.05) is 0 Å². The van der Waals surface area contributed by atoms with Crippen molar-refractivity contribution in [1.82, 2.24) is 4.90 Å². The molecule has 1 amide bonds. The van der Waals surface area contributed by atoms with E-state index >= 15 is 0 Å². The standard InChI is InChI=1S/C18H19FN2O5S/c1-21(11-13-7-3-5-9-15(13)19)17(22)12-26-18(23)14-8-4-6-10-16(14)20-27(2,24)25/h3-10,20H,11-12H2,1-2H3. The van der Waals surface area contributed by atoms with Crippen molar-refractivity contribution in [1.29, 1.82) is 0 Å². The highest BCUT2D eigenvalue weighted by atomic mass is 32.2. The first-order valence-corrected chi connectivity index (χ1v) is 9.78. The van der Waals surface area contributed by atoms with Gasteiger partial charge in [-0.25, -0.2) is 17.6 Å². The number of ether oxygens (including phenoxy) is 1. The summed E-state index contributed by atoms with van der Waals surface area (Å²) in [6.07, 6.45) is 0.955. The van der Waals surface area contributed by atoms with E-state index in [-0.39, 0.29) is 17.8 Å². The molecule has 2 aromatic carbocycles. The molecule has 1 N–H and O–H groups in total. The first kappa shape index (κ1) is 20.4. The van der Waals surface area contributed by atoms with Crippen LogP contribution < -0.4 is 4.72 Å². The molecule has 2 aromatic rings. The first-order chi connectivity index (χ1) is 12.7. The molecule has 0 saturated carbocycles. The summed E-state index contributed by atoms with van der Waals surface area (Å²) in [5.41, 5.74) is 0.368. The molecule has 7 nitrogen and oxygen atoms in total. The maximum Gasteiger partial charge on any atom is 0.340 e. The predicted octanol–water partition coefficient (Wildman–Crippen LogP) is 2.01. The first-order valence-electron chi connectivity index (χ1n) is 7.88. The highest BCUT2D eigenvalue weighted by molar-refractivity contribution is 7.92. The molecule has 0 aliphatic heterocycles. The number of carbonyl (C=O) groups excluding carboxylic acids is 2. The monoisotopic (exact) mass is 394 g/mol. The van der Waals surface area contributed by atoms with Crippen LogP contribution in [0, 0.1) is 5.82 Å². The van der Waals surface area contributed by atoms with Gasteiger partial charge in [0, 0.05) is 19.2 Å². The van der Waals surface area contributed by atoms with Crippen molar-refractivity contribution in [3.63, 3.8) is 0 Å². The topological polar surface area (TPSA) is 92.8 Å². The Hall–Kier alpha value is -2.94. The predicted molar refractivity (Wildman–Crippen MR) is 98.1 cm³/mol.